The zero-order valence-electron chi connectivity index (χ0n) is 36.0. The number of thiophene rings is 2. The summed E-state index contributed by atoms with van der Waals surface area (Å²) in [4.78, 5) is 17.0. The van der Waals surface area contributed by atoms with Gasteiger partial charge < -0.3 is 9.13 Å². The Morgan fingerprint density at radius 2 is 0.682 bits per heavy atom. The summed E-state index contributed by atoms with van der Waals surface area (Å²) in [5.41, 5.74) is 11.9. The highest BCUT2D eigenvalue weighted by Crippen LogP contribution is 2.49. The summed E-state index contributed by atoms with van der Waals surface area (Å²) in [5, 5.41) is 9.75. The molecule has 5 nitrogen and oxygen atoms in total. The first-order chi connectivity index (χ1) is 32.6. The first kappa shape index (κ1) is 37.4. The molecular formula is C59H37N5S2. The van der Waals surface area contributed by atoms with Gasteiger partial charge in [-0.05, 0) is 73.5 Å². The molecule has 5 aromatic heterocycles. The smallest absolute Gasteiger partial charge is 0.167 e. The van der Waals surface area contributed by atoms with Gasteiger partial charge in [-0.15, -0.1) is 22.7 Å². The predicted molar refractivity (Wildman–Crippen MR) is 280 cm³/mol. The number of para-hydroxylation sites is 4. The van der Waals surface area contributed by atoms with Crippen LogP contribution in [-0.2, 0) is 0 Å². The van der Waals surface area contributed by atoms with Crippen LogP contribution in [0.3, 0.4) is 0 Å². The van der Waals surface area contributed by atoms with Crippen molar-refractivity contribution in [1.29, 1.82) is 0 Å². The Bertz CT molecular complexity index is 3960. The van der Waals surface area contributed by atoms with E-state index in [-0.39, 0.29) is 0 Å². The third kappa shape index (κ3) is 5.35. The van der Waals surface area contributed by atoms with Crippen molar-refractivity contribution in [1.82, 2.24) is 24.1 Å². The van der Waals surface area contributed by atoms with E-state index in [0.717, 1.165) is 59.5 Å². The summed E-state index contributed by atoms with van der Waals surface area (Å²) in [7, 11) is 0. The maximum absolute atomic E-state index is 5.83. The van der Waals surface area contributed by atoms with Crippen molar-refractivity contribution >= 4 is 107 Å². The minimum absolute atomic E-state index is 0.626. The van der Waals surface area contributed by atoms with Gasteiger partial charge in [0.1, 0.15) is 0 Å². The molecule has 66 heavy (non-hydrogen) atoms. The van der Waals surface area contributed by atoms with Crippen LogP contribution in [0.5, 0.6) is 0 Å². The summed E-state index contributed by atoms with van der Waals surface area (Å²) < 4.78 is 9.64. The summed E-state index contributed by atoms with van der Waals surface area (Å²) in [5.74, 6) is 1.90. The van der Waals surface area contributed by atoms with E-state index in [4.69, 9.17) is 15.0 Å². The molecule has 14 rings (SSSR count). The second kappa shape index (κ2) is 14.3. The van der Waals surface area contributed by atoms with Crippen molar-refractivity contribution in [2.45, 2.75) is 13.8 Å². The van der Waals surface area contributed by atoms with Crippen LogP contribution in [0.1, 0.15) is 11.1 Å². The number of rotatable bonds is 5. The van der Waals surface area contributed by atoms with Crippen LogP contribution in [-0.4, -0.2) is 24.1 Å². The van der Waals surface area contributed by atoms with E-state index in [1.165, 1.54) is 63.6 Å². The molecule has 0 aliphatic heterocycles. The van der Waals surface area contributed by atoms with E-state index < -0.39 is 0 Å². The van der Waals surface area contributed by atoms with Crippen molar-refractivity contribution in [2.75, 3.05) is 0 Å². The molecule has 7 heteroatoms. The quantitative estimate of drug-likeness (QED) is 0.173. The average molecular weight is 880 g/mol. The molecule has 310 valence electrons. The van der Waals surface area contributed by atoms with E-state index >= 15 is 0 Å². The highest BCUT2D eigenvalue weighted by Gasteiger charge is 2.28. The Kier molecular flexibility index (Phi) is 8.09. The molecule has 0 spiro atoms. The second-order valence-corrected chi connectivity index (χ2v) is 19.3. The fourth-order valence-electron chi connectivity index (χ4n) is 10.6. The topological polar surface area (TPSA) is 48.5 Å². The number of hydrogen-bond donors (Lipinski definition) is 0. The van der Waals surface area contributed by atoms with E-state index in [1.54, 1.807) is 0 Å². The molecule has 0 fully saturated rings. The zero-order chi connectivity index (χ0) is 43.6. The first-order valence-corrected chi connectivity index (χ1v) is 23.9. The molecule has 0 saturated heterocycles. The van der Waals surface area contributed by atoms with Gasteiger partial charge in [0.15, 0.2) is 17.5 Å². The lowest BCUT2D eigenvalue weighted by Crippen LogP contribution is -2.06. The highest BCUT2D eigenvalue weighted by atomic mass is 32.1. The van der Waals surface area contributed by atoms with Crippen molar-refractivity contribution in [3.8, 4) is 45.5 Å². The lowest BCUT2D eigenvalue weighted by atomic mass is 10.00. The van der Waals surface area contributed by atoms with Gasteiger partial charge in [0.05, 0.1) is 44.6 Å². The molecule has 0 N–H and O–H groups in total. The minimum atomic E-state index is 0.626. The van der Waals surface area contributed by atoms with Crippen molar-refractivity contribution in [2.24, 2.45) is 0 Å². The van der Waals surface area contributed by atoms with Gasteiger partial charge in [0.25, 0.3) is 0 Å². The van der Waals surface area contributed by atoms with Crippen LogP contribution in [0.2, 0.25) is 0 Å². The summed E-state index contributed by atoms with van der Waals surface area (Å²) in [6, 6.07) is 67.6. The Morgan fingerprint density at radius 1 is 0.348 bits per heavy atom. The Balaban J connectivity index is 1.17. The molecule has 0 atom stereocenters. The number of hydrogen-bond acceptors (Lipinski definition) is 5. The minimum Gasteiger partial charge on any atom is -0.308 e. The third-order valence-electron chi connectivity index (χ3n) is 13.4. The SMILES string of the molecule is Cc1cc(-n2c3ccccc3c3ccccc32)c(-c2nc(-c3ccccc3)nc(-c3c(-n4c5ccccc5c5ccccc54)cc(C)c4c3sc3ccccc34)n2)c2sc3ccccc3c12. The van der Waals surface area contributed by atoms with Gasteiger partial charge in [-0.1, -0.05) is 140 Å². The molecule has 5 heterocycles. The fourth-order valence-corrected chi connectivity index (χ4v) is 13.3. The molecule has 0 bridgehead atoms. The molecule has 0 radical (unpaired) electrons. The maximum atomic E-state index is 5.83. The number of fused-ring (bicyclic) bond motifs is 12. The van der Waals surface area contributed by atoms with Gasteiger partial charge in [0, 0.05) is 67.5 Å². The lowest BCUT2D eigenvalue weighted by molar-refractivity contribution is 1.06. The largest absolute Gasteiger partial charge is 0.308 e. The van der Waals surface area contributed by atoms with Crippen molar-refractivity contribution in [3.63, 3.8) is 0 Å². The van der Waals surface area contributed by atoms with E-state index in [9.17, 15) is 0 Å². The first-order valence-electron chi connectivity index (χ1n) is 22.3. The van der Waals surface area contributed by atoms with Crippen molar-refractivity contribution in [3.05, 3.63) is 199 Å². The number of nitrogens with zero attached hydrogens (tertiary/aromatic N) is 5. The van der Waals surface area contributed by atoms with Crippen LogP contribution in [0.15, 0.2) is 188 Å². The van der Waals surface area contributed by atoms with Crippen LogP contribution >= 0.6 is 22.7 Å². The molecule has 0 unspecified atom stereocenters. The van der Waals surface area contributed by atoms with E-state index in [2.05, 4.69) is 211 Å². The summed E-state index contributed by atoms with van der Waals surface area (Å²) >= 11 is 3.64. The molecule has 14 aromatic rings. The summed E-state index contributed by atoms with van der Waals surface area (Å²) in [6.45, 7) is 4.50. The molecule has 9 aromatic carbocycles. The molecule has 0 aliphatic carbocycles. The lowest BCUT2D eigenvalue weighted by Gasteiger charge is -2.19. The Labute approximate surface area is 387 Å². The normalized spacial score (nSPS) is 12.1. The van der Waals surface area contributed by atoms with Crippen LogP contribution in [0, 0.1) is 13.8 Å². The van der Waals surface area contributed by atoms with Crippen LogP contribution in [0.4, 0.5) is 0 Å². The molecule has 0 amide bonds. The zero-order valence-corrected chi connectivity index (χ0v) is 37.6. The number of aryl methyl sites for hydroxylation is 2. The van der Waals surface area contributed by atoms with E-state index in [1.807, 2.05) is 22.7 Å². The number of aromatic nitrogens is 5. The van der Waals surface area contributed by atoms with Gasteiger partial charge in [-0.3, -0.25) is 0 Å². The van der Waals surface area contributed by atoms with Crippen LogP contribution < -0.4 is 0 Å². The second-order valence-electron chi connectivity index (χ2n) is 17.2. The predicted octanol–water partition coefficient (Wildman–Crippen LogP) is 16.4. The molecular weight excluding hydrogens is 843 g/mol. The van der Waals surface area contributed by atoms with Gasteiger partial charge in [-0.25, -0.2) is 15.0 Å². The highest BCUT2D eigenvalue weighted by molar-refractivity contribution is 7.26. The summed E-state index contributed by atoms with van der Waals surface area (Å²) in [6.07, 6.45) is 0. The standard InChI is InChI=1S/C59H37N5S2/c1-34-32-47(63-43-26-12-6-20-37(43)38-21-7-13-27-44(38)63)53(55-51(34)41-24-10-16-30-49(41)65-55)58-60-57(36-18-4-3-5-19-36)61-59(62-58)54-48(33-35(2)52-42-25-11-17-31-50(42)66-56(52)54)64-45-28-14-8-22-39(45)40-23-9-15-29-46(40)64/h3-33H,1-2H3. The fraction of sp³-hybridized carbons (Fsp3) is 0.0339. The Hall–Kier alpha value is -7.97. The molecule has 0 aliphatic rings. The maximum Gasteiger partial charge on any atom is 0.167 e. The van der Waals surface area contributed by atoms with Crippen molar-refractivity contribution < 1.29 is 0 Å². The Morgan fingerprint density at radius 3 is 1.09 bits per heavy atom. The number of benzene rings is 9. The monoisotopic (exact) mass is 879 g/mol. The van der Waals surface area contributed by atoms with Gasteiger partial charge in [-0.2, -0.15) is 0 Å². The van der Waals surface area contributed by atoms with Crippen LogP contribution in [0.25, 0.3) is 129 Å². The third-order valence-corrected chi connectivity index (χ3v) is 15.8. The van der Waals surface area contributed by atoms with Gasteiger partial charge >= 0.3 is 0 Å². The molecule has 0 saturated carbocycles. The van der Waals surface area contributed by atoms with Gasteiger partial charge in [0.2, 0.25) is 0 Å². The average Bonchev–Trinajstić information content (AvgIpc) is 4.12. The van der Waals surface area contributed by atoms with E-state index in [0.29, 0.717) is 17.5 Å².